The van der Waals surface area contributed by atoms with E-state index in [0.29, 0.717) is 23.5 Å². The topological polar surface area (TPSA) is 76.5 Å². The Morgan fingerprint density at radius 2 is 2.08 bits per heavy atom. The number of nitrogens with one attached hydrogen (secondary N) is 1. The second-order valence-electron chi connectivity index (χ2n) is 5.83. The summed E-state index contributed by atoms with van der Waals surface area (Å²) >= 11 is 0. The standard InChI is InChI=1S/C18H17N3O3/c22-18(17-11-23-15-7-3-4-8-16(15)24-17)21-20-10-12-9-19-14-6-2-1-5-13(12)14/h1-10,13-14,17,19H,11H2,(H,21,22)/p+1/b20-10-/t13-,14+,17+/m1/s1. The molecule has 24 heavy (non-hydrogen) atoms. The van der Waals surface area contributed by atoms with Gasteiger partial charge in [-0.1, -0.05) is 30.4 Å². The Labute approximate surface area is 139 Å². The van der Waals surface area contributed by atoms with Crippen molar-refractivity contribution in [1.82, 2.24) is 5.43 Å². The monoisotopic (exact) mass is 324 g/mol. The fraction of sp³-hybridized carbons (Fsp3) is 0.222. The third kappa shape index (κ3) is 2.83. The predicted octanol–water partition coefficient (Wildman–Crippen LogP) is 0.500. The lowest BCUT2D eigenvalue weighted by Crippen LogP contribution is -2.83. The van der Waals surface area contributed by atoms with Crippen molar-refractivity contribution in [2.75, 3.05) is 6.61 Å². The van der Waals surface area contributed by atoms with Crippen LogP contribution in [0.5, 0.6) is 11.5 Å². The summed E-state index contributed by atoms with van der Waals surface area (Å²) in [6.07, 6.45) is 11.4. The molecule has 1 aromatic rings. The third-order valence-electron chi connectivity index (χ3n) is 4.26. The molecule has 2 aliphatic heterocycles. The van der Waals surface area contributed by atoms with Crippen molar-refractivity contribution < 1.29 is 19.6 Å². The quantitative estimate of drug-likeness (QED) is 0.628. The lowest BCUT2D eigenvalue weighted by molar-refractivity contribution is -0.609. The average Bonchev–Trinajstić information content (AvgIpc) is 3.04. The molecule has 3 atom stereocenters. The summed E-state index contributed by atoms with van der Waals surface area (Å²) in [7, 11) is 0. The minimum atomic E-state index is -0.702. The molecule has 1 amide bonds. The molecule has 0 saturated carbocycles. The molecule has 0 aromatic heterocycles. The number of hydrogen-bond acceptors (Lipinski definition) is 4. The number of benzene rings is 1. The minimum Gasteiger partial charge on any atom is -0.485 e. The van der Waals surface area contributed by atoms with Gasteiger partial charge in [0.05, 0.1) is 18.3 Å². The number of amides is 1. The zero-order chi connectivity index (χ0) is 16.4. The van der Waals surface area contributed by atoms with Crippen LogP contribution in [-0.2, 0) is 4.79 Å². The van der Waals surface area contributed by atoms with Crippen LogP contribution >= 0.6 is 0 Å². The Hall–Kier alpha value is -2.86. The highest BCUT2D eigenvalue weighted by Crippen LogP contribution is 2.30. The maximum atomic E-state index is 12.2. The summed E-state index contributed by atoms with van der Waals surface area (Å²) in [5, 5.41) is 6.21. The number of fused-ring (bicyclic) bond motifs is 2. The van der Waals surface area contributed by atoms with Crippen LogP contribution in [0.25, 0.3) is 0 Å². The van der Waals surface area contributed by atoms with Crippen LogP contribution in [-0.4, -0.2) is 30.9 Å². The fourth-order valence-electron chi connectivity index (χ4n) is 3.00. The molecule has 3 N–H and O–H groups in total. The van der Waals surface area contributed by atoms with E-state index in [-0.39, 0.29) is 12.5 Å². The van der Waals surface area contributed by atoms with Gasteiger partial charge in [0, 0.05) is 5.57 Å². The molecule has 1 aliphatic carbocycles. The molecular weight excluding hydrogens is 306 g/mol. The molecule has 2 heterocycles. The summed E-state index contributed by atoms with van der Waals surface area (Å²) in [4.78, 5) is 12.2. The maximum Gasteiger partial charge on any atom is 0.284 e. The van der Waals surface area contributed by atoms with E-state index in [2.05, 4.69) is 28.0 Å². The van der Waals surface area contributed by atoms with Gasteiger partial charge in [0.1, 0.15) is 12.6 Å². The summed E-state index contributed by atoms with van der Waals surface area (Å²) in [6, 6.07) is 7.68. The van der Waals surface area contributed by atoms with E-state index in [1.54, 1.807) is 12.3 Å². The molecule has 3 aliphatic rings. The zero-order valence-corrected chi connectivity index (χ0v) is 13.0. The van der Waals surface area contributed by atoms with E-state index in [4.69, 9.17) is 9.47 Å². The number of hydrogen-bond donors (Lipinski definition) is 2. The van der Waals surface area contributed by atoms with Crippen LogP contribution in [0.4, 0.5) is 0 Å². The van der Waals surface area contributed by atoms with Crippen LogP contribution in [0.3, 0.4) is 0 Å². The molecule has 0 unspecified atom stereocenters. The lowest BCUT2D eigenvalue weighted by Gasteiger charge is -2.24. The van der Waals surface area contributed by atoms with Crippen molar-refractivity contribution in [3.05, 3.63) is 60.3 Å². The summed E-state index contributed by atoms with van der Waals surface area (Å²) in [5.74, 6) is 1.21. The number of rotatable bonds is 3. The SMILES string of the molecule is O=C(N/N=C\C1=C[NH2+][C@H]2C=CC=C[C@H]12)[C@@H]1COc2ccccc2O1. The molecule has 0 bridgehead atoms. The highest BCUT2D eigenvalue weighted by molar-refractivity contribution is 5.85. The second kappa shape index (κ2) is 6.33. The number of nitrogens with two attached hydrogens (primary N) is 1. The van der Waals surface area contributed by atoms with Crippen molar-refractivity contribution in [3.8, 4) is 11.5 Å². The van der Waals surface area contributed by atoms with E-state index in [0.717, 1.165) is 5.57 Å². The van der Waals surface area contributed by atoms with Crippen LogP contribution in [0.2, 0.25) is 0 Å². The van der Waals surface area contributed by atoms with Crippen molar-refractivity contribution in [3.63, 3.8) is 0 Å². The number of carbonyl (C=O) groups excluding carboxylic acids is 1. The van der Waals surface area contributed by atoms with E-state index < -0.39 is 6.10 Å². The molecule has 0 fully saturated rings. The normalized spacial score (nSPS) is 27.0. The molecule has 6 nitrogen and oxygen atoms in total. The molecule has 122 valence electrons. The largest absolute Gasteiger partial charge is 0.485 e. The van der Waals surface area contributed by atoms with Gasteiger partial charge >= 0.3 is 0 Å². The van der Waals surface area contributed by atoms with Crippen LogP contribution in [0.15, 0.2) is 65.4 Å². The van der Waals surface area contributed by atoms with Crippen molar-refractivity contribution in [2.45, 2.75) is 12.1 Å². The maximum absolute atomic E-state index is 12.2. The average molecular weight is 324 g/mol. The molecule has 0 radical (unpaired) electrons. The molecule has 1 aromatic carbocycles. The van der Waals surface area contributed by atoms with Gasteiger partial charge in [0.2, 0.25) is 6.10 Å². The van der Waals surface area contributed by atoms with Gasteiger partial charge in [0.25, 0.3) is 5.91 Å². The van der Waals surface area contributed by atoms with Gasteiger partial charge in [0.15, 0.2) is 11.5 Å². The lowest BCUT2D eigenvalue weighted by atomic mass is 9.92. The third-order valence-corrected chi connectivity index (χ3v) is 4.26. The van der Waals surface area contributed by atoms with Gasteiger partial charge in [-0.15, -0.1) is 0 Å². The van der Waals surface area contributed by atoms with E-state index in [9.17, 15) is 4.79 Å². The highest BCUT2D eigenvalue weighted by atomic mass is 16.6. The number of nitrogens with zero attached hydrogens (tertiary/aromatic N) is 1. The van der Waals surface area contributed by atoms with Crippen LogP contribution in [0.1, 0.15) is 0 Å². The van der Waals surface area contributed by atoms with Crippen molar-refractivity contribution >= 4 is 12.1 Å². The first-order chi connectivity index (χ1) is 11.8. The summed E-state index contributed by atoms with van der Waals surface area (Å²) in [6.45, 7) is 0.174. The molecule has 6 heteroatoms. The van der Waals surface area contributed by atoms with Gasteiger partial charge < -0.3 is 14.8 Å². The van der Waals surface area contributed by atoms with Crippen LogP contribution < -0.4 is 20.2 Å². The first-order valence-electron chi connectivity index (χ1n) is 7.93. The fourth-order valence-corrected chi connectivity index (χ4v) is 3.00. The first kappa shape index (κ1) is 14.7. The molecule has 0 spiro atoms. The minimum absolute atomic E-state index is 0.174. The molecule has 4 rings (SSSR count). The summed E-state index contributed by atoms with van der Waals surface area (Å²) in [5.41, 5.74) is 3.61. The van der Waals surface area contributed by atoms with Crippen LogP contribution in [0, 0.1) is 5.92 Å². The molecule has 0 saturated heterocycles. The van der Waals surface area contributed by atoms with Crippen molar-refractivity contribution in [2.24, 2.45) is 11.0 Å². The number of quaternary nitrogens is 1. The van der Waals surface area contributed by atoms with Gasteiger partial charge in [-0.25, -0.2) is 5.43 Å². The number of carbonyl (C=O) groups is 1. The Morgan fingerprint density at radius 3 is 3.00 bits per heavy atom. The Morgan fingerprint density at radius 1 is 1.25 bits per heavy atom. The van der Waals surface area contributed by atoms with Gasteiger partial charge in [-0.2, -0.15) is 5.10 Å². The first-order valence-corrected chi connectivity index (χ1v) is 7.93. The van der Waals surface area contributed by atoms with E-state index in [1.807, 2.05) is 36.6 Å². The van der Waals surface area contributed by atoms with Gasteiger partial charge in [-0.05, 0) is 18.2 Å². The number of ether oxygens (including phenoxy) is 2. The van der Waals surface area contributed by atoms with Crippen molar-refractivity contribution in [1.29, 1.82) is 0 Å². The Balaban J connectivity index is 1.34. The molecular formula is C18H18N3O3+. The summed E-state index contributed by atoms with van der Waals surface area (Å²) < 4.78 is 11.2. The number of para-hydroxylation sites is 2. The van der Waals surface area contributed by atoms with E-state index >= 15 is 0 Å². The number of allylic oxidation sites excluding steroid dienone is 2. The zero-order valence-electron chi connectivity index (χ0n) is 13.0. The smallest absolute Gasteiger partial charge is 0.284 e. The van der Waals surface area contributed by atoms with Gasteiger partial charge in [-0.3, -0.25) is 4.79 Å². The predicted molar refractivity (Wildman–Crippen MR) is 88.6 cm³/mol. The van der Waals surface area contributed by atoms with E-state index in [1.165, 1.54) is 0 Å². The second-order valence-corrected chi connectivity index (χ2v) is 5.83. The highest BCUT2D eigenvalue weighted by Gasteiger charge is 2.30. The Bertz CT molecular complexity index is 767. The Kier molecular flexibility index (Phi) is 3.88. The number of hydrazone groups is 1.